The molecule has 0 saturated heterocycles. The van der Waals surface area contributed by atoms with Crippen molar-refractivity contribution in [1.29, 1.82) is 0 Å². The lowest BCUT2D eigenvalue weighted by atomic mass is 10.0. The van der Waals surface area contributed by atoms with E-state index in [1.807, 2.05) is 26.0 Å². The minimum absolute atomic E-state index is 1.03. The van der Waals surface area contributed by atoms with Crippen LogP contribution in [0.5, 0.6) is 0 Å². The van der Waals surface area contributed by atoms with E-state index in [1.165, 1.54) is 16.7 Å². The monoisotopic (exact) mass is 190 g/mol. The van der Waals surface area contributed by atoms with Gasteiger partial charge < -0.3 is 4.90 Å². The Bertz CT molecular complexity index is 351. The standard InChI is InChI=1S/C12H18N2/c1-9-7-6-8-11(10(9)2)12(13-3)14(4)5/h6-8H,1-5H3. The van der Waals surface area contributed by atoms with Crippen LogP contribution < -0.4 is 0 Å². The van der Waals surface area contributed by atoms with Crippen LogP contribution in [-0.2, 0) is 0 Å². The summed E-state index contributed by atoms with van der Waals surface area (Å²) in [6.07, 6.45) is 0. The maximum absolute atomic E-state index is 4.30. The van der Waals surface area contributed by atoms with Crippen LogP contribution in [-0.4, -0.2) is 31.9 Å². The Morgan fingerprint density at radius 3 is 2.36 bits per heavy atom. The van der Waals surface area contributed by atoms with E-state index in [2.05, 4.69) is 37.0 Å². The van der Waals surface area contributed by atoms with Crippen molar-refractivity contribution in [3.63, 3.8) is 0 Å². The number of aryl methyl sites for hydroxylation is 1. The molecule has 14 heavy (non-hydrogen) atoms. The van der Waals surface area contributed by atoms with Gasteiger partial charge in [-0.1, -0.05) is 18.2 Å². The lowest BCUT2D eigenvalue weighted by molar-refractivity contribution is 0.622. The molecule has 0 heterocycles. The highest BCUT2D eigenvalue weighted by Gasteiger charge is 2.08. The van der Waals surface area contributed by atoms with Gasteiger partial charge >= 0.3 is 0 Å². The van der Waals surface area contributed by atoms with E-state index >= 15 is 0 Å². The van der Waals surface area contributed by atoms with Gasteiger partial charge in [-0.2, -0.15) is 0 Å². The van der Waals surface area contributed by atoms with Crippen molar-refractivity contribution in [3.05, 3.63) is 34.9 Å². The molecule has 0 bridgehead atoms. The number of amidine groups is 1. The average Bonchev–Trinajstić information content (AvgIpc) is 2.13. The van der Waals surface area contributed by atoms with E-state index in [4.69, 9.17) is 0 Å². The Hall–Kier alpha value is -1.31. The normalized spacial score (nSPS) is 11.6. The van der Waals surface area contributed by atoms with Gasteiger partial charge in [-0.25, -0.2) is 0 Å². The summed E-state index contributed by atoms with van der Waals surface area (Å²) in [6.45, 7) is 4.27. The molecule has 1 aromatic rings. The van der Waals surface area contributed by atoms with Gasteiger partial charge in [0.1, 0.15) is 5.84 Å². The fourth-order valence-electron chi connectivity index (χ4n) is 1.55. The summed E-state index contributed by atoms with van der Waals surface area (Å²) >= 11 is 0. The van der Waals surface area contributed by atoms with Gasteiger partial charge in [0, 0.05) is 26.7 Å². The van der Waals surface area contributed by atoms with Gasteiger partial charge in [0.25, 0.3) is 0 Å². The summed E-state index contributed by atoms with van der Waals surface area (Å²) in [4.78, 5) is 6.35. The van der Waals surface area contributed by atoms with Crippen LogP contribution in [0, 0.1) is 13.8 Å². The maximum Gasteiger partial charge on any atom is 0.130 e. The Labute approximate surface area is 86.3 Å². The van der Waals surface area contributed by atoms with Gasteiger partial charge in [0.05, 0.1) is 0 Å². The van der Waals surface area contributed by atoms with E-state index in [0.29, 0.717) is 0 Å². The number of hydrogen-bond acceptors (Lipinski definition) is 1. The SMILES string of the molecule is CN=C(c1cccc(C)c1C)N(C)C. The molecule has 76 valence electrons. The topological polar surface area (TPSA) is 15.6 Å². The molecule has 0 radical (unpaired) electrons. The fraction of sp³-hybridized carbons (Fsp3) is 0.417. The molecule has 0 aromatic heterocycles. The van der Waals surface area contributed by atoms with E-state index in [1.54, 1.807) is 0 Å². The molecule has 0 aliphatic carbocycles. The number of rotatable bonds is 1. The van der Waals surface area contributed by atoms with Crippen molar-refractivity contribution in [2.45, 2.75) is 13.8 Å². The zero-order valence-electron chi connectivity index (χ0n) is 9.63. The third kappa shape index (κ3) is 1.95. The first-order valence-corrected chi connectivity index (χ1v) is 4.78. The van der Waals surface area contributed by atoms with E-state index < -0.39 is 0 Å². The molecule has 0 aliphatic rings. The smallest absolute Gasteiger partial charge is 0.130 e. The summed E-state index contributed by atoms with van der Waals surface area (Å²) in [7, 11) is 5.87. The molecule has 0 amide bonds. The van der Waals surface area contributed by atoms with Crippen molar-refractivity contribution in [1.82, 2.24) is 4.90 Å². The summed E-state index contributed by atoms with van der Waals surface area (Å²) in [5.74, 6) is 1.03. The van der Waals surface area contributed by atoms with Crippen molar-refractivity contribution < 1.29 is 0 Å². The Kier molecular flexibility index (Phi) is 3.28. The largest absolute Gasteiger partial charge is 0.363 e. The fourth-order valence-corrected chi connectivity index (χ4v) is 1.55. The second-order valence-corrected chi connectivity index (χ2v) is 3.69. The first kappa shape index (κ1) is 10.8. The van der Waals surface area contributed by atoms with Crippen LogP contribution in [0.25, 0.3) is 0 Å². The highest BCUT2D eigenvalue weighted by atomic mass is 15.1. The van der Waals surface area contributed by atoms with E-state index in [0.717, 1.165) is 5.84 Å². The van der Waals surface area contributed by atoms with Crippen molar-refractivity contribution in [3.8, 4) is 0 Å². The molecule has 0 fully saturated rings. The molecule has 2 heteroatoms. The molecular weight excluding hydrogens is 172 g/mol. The number of benzene rings is 1. The average molecular weight is 190 g/mol. The summed E-state index contributed by atoms with van der Waals surface area (Å²) in [5.41, 5.74) is 3.84. The molecule has 0 atom stereocenters. The Morgan fingerprint density at radius 1 is 1.21 bits per heavy atom. The lowest BCUT2D eigenvalue weighted by Gasteiger charge is -2.18. The summed E-state index contributed by atoms with van der Waals surface area (Å²) in [5, 5.41) is 0. The lowest BCUT2D eigenvalue weighted by Crippen LogP contribution is -2.24. The predicted molar refractivity (Wildman–Crippen MR) is 62.1 cm³/mol. The maximum atomic E-state index is 4.30. The molecule has 1 aromatic carbocycles. The van der Waals surface area contributed by atoms with Crippen LogP contribution in [0.1, 0.15) is 16.7 Å². The molecular formula is C12H18N2. The van der Waals surface area contributed by atoms with Gasteiger partial charge in [0.2, 0.25) is 0 Å². The Balaban J connectivity index is 3.25. The minimum atomic E-state index is 1.03. The number of nitrogens with zero attached hydrogens (tertiary/aromatic N) is 2. The van der Waals surface area contributed by atoms with Gasteiger partial charge in [0.15, 0.2) is 0 Å². The van der Waals surface area contributed by atoms with E-state index in [-0.39, 0.29) is 0 Å². The molecule has 0 unspecified atom stereocenters. The van der Waals surface area contributed by atoms with Crippen molar-refractivity contribution >= 4 is 5.84 Å². The van der Waals surface area contributed by atoms with E-state index in [9.17, 15) is 0 Å². The first-order valence-electron chi connectivity index (χ1n) is 4.78. The molecule has 0 N–H and O–H groups in total. The third-order valence-corrected chi connectivity index (χ3v) is 2.48. The van der Waals surface area contributed by atoms with Crippen LogP contribution in [0.4, 0.5) is 0 Å². The number of aliphatic imine (C=N–C) groups is 1. The quantitative estimate of drug-likeness (QED) is 0.490. The molecule has 0 aliphatic heterocycles. The molecule has 0 spiro atoms. The zero-order chi connectivity index (χ0) is 10.7. The zero-order valence-corrected chi connectivity index (χ0v) is 9.63. The molecule has 1 rings (SSSR count). The van der Waals surface area contributed by atoms with Crippen LogP contribution in [0.15, 0.2) is 23.2 Å². The van der Waals surface area contributed by atoms with Crippen LogP contribution in [0.2, 0.25) is 0 Å². The first-order chi connectivity index (χ1) is 6.57. The highest BCUT2D eigenvalue weighted by Crippen LogP contribution is 2.14. The molecule has 2 nitrogen and oxygen atoms in total. The summed E-state index contributed by atoms with van der Waals surface area (Å²) < 4.78 is 0. The Morgan fingerprint density at radius 2 is 1.86 bits per heavy atom. The second-order valence-electron chi connectivity index (χ2n) is 3.69. The third-order valence-electron chi connectivity index (χ3n) is 2.48. The highest BCUT2D eigenvalue weighted by molar-refractivity contribution is 5.99. The predicted octanol–water partition coefficient (Wildman–Crippen LogP) is 2.24. The number of hydrogen-bond donors (Lipinski definition) is 0. The van der Waals surface area contributed by atoms with Crippen molar-refractivity contribution in [2.24, 2.45) is 4.99 Å². The minimum Gasteiger partial charge on any atom is -0.363 e. The summed E-state index contributed by atoms with van der Waals surface area (Å²) in [6, 6.07) is 6.32. The van der Waals surface area contributed by atoms with Gasteiger partial charge in [-0.3, -0.25) is 4.99 Å². The van der Waals surface area contributed by atoms with Crippen LogP contribution >= 0.6 is 0 Å². The van der Waals surface area contributed by atoms with Crippen LogP contribution in [0.3, 0.4) is 0 Å². The van der Waals surface area contributed by atoms with Crippen molar-refractivity contribution in [2.75, 3.05) is 21.1 Å². The van der Waals surface area contributed by atoms with Gasteiger partial charge in [-0.05, 0) is 25.0 Å². The molecule has 0 saturated carbocycles. The second kappa shape index (κ2) is 4.27. The van der Waals surface area contributed by atoms with Gasteiger partial charge in [-0.15, -0.1) is 0 Å².